The maximum Gasteiger partial charge on any atom is 0.419 e. The van der Waals surface area contributed by atoms with Gasteiger partial charge in [-0.15, -0.1) is 0 Å². The van der Waals surface area contributed by atoms with Crippen molar-refractivity contribution in [1.29, 1.82) is 10.5 Å². The number of esters is 1. The molecule has 0 bridgehead atoms. The number of nitriles is 2. The van der Waals surface area contributed by atoms with Crippen molar-refractivity contribution in [3.63, 3.8) is 0 Å². The third-order valence-corrected chi connectivity index (χ3v) is 4.83. The summed E-state index contributed by atoms with van der Waals surface area (Å²) in [4.78, 5) is 33.0. The molecule has 0 fully saturated rings. The van der Waals surface area contributed by atoms with E-state index in [0.29, 0.717) is 6.07 Å². The third-order valence-electron chi connectivity index (χ3n) is 4.83. The monoisotopic (exact) mass is 513 g/mol. The summed E-state index contributed by atoms with van der Waals surface area (Å²) in [5.74, 6) is -3.14. The fourth-order valence-electron chi connectivity index (χ4n) is 2.89. The molecule has 1 N–H and O–H groups in total. The number of halogens is 4. The van der Waals surface area contributed by atoms with Gasteiger partial charge in [0, 0.05) is 18.5 Å². The minimum Gasteiger partial charge on any atom is -0.489 e. The van der Waals surface area contributed by atoms with E-state index in [1.807, 2.05) is 0 Å². The number of anilines is 1. The first-order chi connectivity index (χ1) is 17.5. The fourth-order valence-corrected chi connectivity index (χ4v) is 2.89. The van der Waals surface area contributed by atoms with Gasteiger partial charge < -0.3 is 14.8 Å². The van der Waals surface area contributed by atoms with Crippen LogP contribution in [0, 0.1) is 28.5 Å². The summed E-state index contributed by atoms with van der Waals surface area (Å²) in [6.07, 6.45) is -1.55. The lowest BCUT2D eigenvalue weighted by Crippen LogP contribution is -2.49. The summed E-state index contributed by atoms with van der Waals surface area (Å²) in [6, 6.07) is 9.49. The Bertz CT molecular complexity index is 1420. The van der Waals surface area contributed by atoms with Crippen LogP contribution in [0.2, 0.25) is 0 Å². The number of amides is 1. The van der Waals surface area contributed by atoms with Crippen molar-refractivity contribution in [3.05, 3.63) is 83.2 Å². The van der Waals surface area contributed by atoms with E-state index in [-0.39, 0.29) is 16.9 Å². The Kier molecular flexibility index (Phi) is 7.68. The molecular formula is C24H15F4N5O4. The van der Waals surface area contributed by atoms with Gasteiger partial charge in [-0.3, -0.25) is 9.78 Å². The van der Waals surface area contributed by atoms with Crippen LogP contribution in [0.4, 0.5) is 23.2 Å². The predicted octanol–water partition coefficient (Wildman–Crippen LogP) is 4.01. The summed E-state index contributed by atoms with van der Waals surface area (Å²) < 4.78 is 64.6. The first kappa shape index (κ1) is 26.6. The van der Waals surface area contributed by atoms with Crippen molar-refractivity contribution in [1.82, 2.24) is 9.97 Å². The van der Waals surface area contributed by atoms with Crippen LogP contribution in [0.3, 0.4) is 0 Å². The molecule has 3 aromatic rings. The van der Waals surface area contributed by atoms with Crippen LogP contribution < -0.4 is 10.1 Å². The Labute approximate surface area is 206 Å². The Balaban J connectivity index is 1.90. The number of pyridine rings is 2. The molecule has 2 aromatic heterocycles. The van der Waals surface area contributed by atoms with Crippen LogP contribution in [0.25, 0.3) is 0 Å². The van der Waals surface area contributed by atoms with Gasteiger partial charge in [0.1, 0.15) is 30.3 Å². The lowest BCUT2D eigenvalue weighted by Gasteiger charge is -2.28. The van der Waals surface area contributed by atoms with Crippen molar-refractivity contribution >= 4 is 17.6 Å². The van der Waals surface area contributed by atoms with E-state index in [2.05, 4.69) is 15.3 Å². The molecule has 0 saturated heterocycles. The maximum atomic E-state index is 13.9. The van der Waals surface area contributed by atoms with Crippen LogP contribution in [-0.2, 0) is 15.7 Å². The molecule has 13 heteroatoms. The Hall–Kier alpha value is -5.04. The highest BCUT2D eigenvalue weighted by molar-refractivity contribution is 6.00. The summed E-state index contributed by atoms with van der Waals surface area (Å²) in [5, 5.41) is 19.9. The number of carbonyl (C=O) groups is 2. The van der Waals surface area contributed by atoms with Gasteiger partial charge in [-0.25, -0.2) is 14.2 Å². The molecule has 0 radical (unpaired) electrons. The van der Waals surface area contributed by atoms with E-state index in [1.165, 1.54) is 30.5 Å². The quantitative estimate of drug-likeness (QED) is 0.370. The number of nitrogens with zero attached hydrogens (tertiary/aromatic N) is 4. The van der Waals surface area contributed by atoms with Crippen LogP contribution >= 0.6 is 0 Å². The van der Waals surface area contributed by atoms with Crippen LogP contribution in [0.15, 0.2) is 55.0 Å². The van der Waals surface area contributed by atoms with Crippen molar-refractivity contribution in [2.75, 3.05) is 11.9 Å². The van der Waals surface area contributed by atoms with Crippen molar-refractivity contribution in [3.8, 4) is 17.9 Å². The molecule has 2 heterocycles. The molecule has 1 aromatic carbocycles. The molecule has 37 heavy (non-hydrogen) atoms. The first-order valence-corrected chi connectivity index (χ1v) is 10.2. The van der Waals surface area contributed by atoms with Gasteiger partial charge in [0.25, 0.3) is 5.91 Å². The molecule has 0 aliphatic rings. The largest absolute Gasteiger partial charge is 0.489 e. The molecule has 9 nitrogen and oxygen atoms in total. The van der Waals surface area contributed by atoms with Gasteiger partial charge in [0.15, 0.2) is 5.69 Å². The molecule has 188 valence electrons. The molecule has 0 spiro atoms. The molecule has 1 atom stereocenters. The number of hydrogen-bond donors (Lipinski definition) is 1. The van der Waals surface area contributed by atoms with Gasteiger partial charge >= 0.3 is 12.1 Å². The number of alkyl halides is 3. The highest BCUT2D eigenvalue weighted by atomic mass is 19.4. The number of hydrogen-bond acceptors (Lipinski definition) is 8. The molecular weight excluding hydrogens is 498 g/mol. The normalized spacial score (nSPS) is 12.4. The molecule has 0 aliphatic heterocycles. The van der Waals surface area contributed by atoms with Crippen LogP contribution in [0.5, 0.6) is 5.75 Å². The second-order valence-corrected chi connectivity index (χ2v) is 7.59. The molecule has 3 rings (SSSR count). The first-order valence-electron chi connectivity index (χ1n) is 10.2. The molecule has 1 amide bonds. The third kappa shape index (κ3) is 6.35. The van der Waals surface area contributed by atoms with Gasteiger partial charge in [0.05, 0.1) is 28.6 Å². The average molecular weight is 513 g/mol. The zero-order valence-corrected chi connectivity index (χ0v) is 18.8. The number of benzene rings is 1. The Morgan fingerprint density at radius 1 is 1.11 bits per heavy atom. The number of carbonyl (C=O) groups excluding carboxylic acids is 2. The SMILES string of the molecule is C[C@@](COc1ccc(C#N)c(F)c1)(OC(=O)c1cccnc1)C(=O)Nc1cnc(C#N)c(C(F)(F)F)c1. The zero-order chi connectivity index (χ0) is 27.2. The topological polar surface area (TPSA) is 138 Å². The Morgan fingerprint density at radius 2 is 1.86 bits per heavy atom. The van der Waals surface area contributed by atoms with Gasteiger partial charge in [-0.2, -0.15) is 23.7 Å². The van der Waals surface area contributed by atoms with E-state index in [4.69, 9.17) is 20.0 Å². The minimum absolute atomic E-state index is 0.0367. The smallest absolute Gasteiger partial charge is 0.419 e. The van der Waals surface area contributed by atoms with E-state index < -0.39 is 53.0 Å². The van der Waals surface area contributed by atoms with Crippen LogP contribution in [-0.4, -0.2) is 34.1 Å². The summed E-state index contributed by atoms with van der Waals surface area (Å²) >= 11 is 0. The maximum absolute atomic E-state index is 13.9. The van der Waals surface area contributed by atoms with Gasteiger partial charge in [-0.1, -0.05) is 0 Å². The van der Waals surface area contributed by atoms with E-state index in [1.54, 1.807) is 6.07 Å². The lowest BCUT2D eigenvalue weighted by atomic mass is 10.1. The number of nitrogens with one attached hydrogen (secondary N) is 1. The number of rotatable bonds is 7. The molecule has 0 aliphatic carbocycles. The standard InChI is InChI=1S/C24H15F4N5O4/c1-23(37-21(34)15-3-2-6-31-11-15,13-36-17-5-4-14(9-29)19(25)8-17)22(35)33-16-7-18(24(26,27)28)20(10-30)32-12-16/h2-8,11-12H,13H2,1H3,(H,33,35)/t23-/m0/s1. The second-order valence-electron chi connectivity index (χ2n) is 7.59. The van der Waals surface area contributed by atoms with E-state index >= 15 is 0 Å². The summed E-state index contributed by atoms with van der Waals surface area (Å²) in [5.41, 5.74) is -5.18. The minimum atomic E-state index is -4.93. The van der Waals surface area contributed by atoms with Crippen molar-refractivity contribution < 1.29 is 36.6 Å². The lowest BCUT2D eigenvalue weighted by molar-refractivity contribution is -0.138. The summed E-state index contributed by atoms with van der Waals surface area (Å²) in [7, 11) is 0. The fraction of sp³-hybridized carbons (Fsp3) is 0.167. The second kappa shape index (κ2) is 10.7. The average Bonchev–Trinajstić information content (AvgIpc) is 2.87. The summed E-state index contributed by atoms with van der Waals surface area (Å²) in [6.45, 7) is 0.421. The van der Waals surface area contributed by atoms with Gasteiger partial charge in [-0.05, 0) is 37.3 Å². The highest BCUT2D eigenvalue weighted by Crippen LogP contribution is 2.33. The van der Waals surface area contributed by atoms with Crippen LogP contribution in [0.1, 0.15) is 34.1 Å². The van der Waals surface area contributed by atoms with E-state index in [0.717, 1.165) is 31.5 Å². The van der Waals surface area contributed by atoms with Crippen molar-refractivity contribution in [2.24, 2.45) is 0 Å². The highest BCUT2D eigenvalue weighted by Gasteiger charge is 2.40. The molecule has 0 unspecified atom stereocenters. The Morgan fingerprint density at radius 3 is 2.46 bits per heavy atom. The van der Waals surface area contributed by atoms with Crippen molar-refractivity contribution in [2.45, 2.75) is 18.7 Å². The number of ether oxygens (including phenoxy) is 2. The zero-order valence-electron chi connectivity index (χ0n) is 18.8. The van der Waals surface area contributed by atoms with Gasteiger partial charge in [0.2, 0.25) is 5.60 Å². The molecule has 0 saturated carbocycles. The van der Waals surface area contributed by atoms with E-state index in [9.17, 15) is 27.2 Å². The number of aromatic nitrogens is 2. The predicted molar refractivity (Wildman–Crippen MR) is 117 cm³/mol.